The van der Waals surface area contributed by atoms with Crippen LogP contribution in [0.4, 0.5) is 0 Å². The van der Waals surface area contributed by atoms with Crippen molar-refractivity contribution < 1.29 is 14.3 Å². The molecule has 1 unspecified atom stereocenters. The van der Waals surface area contributed by atoms with Crippen molar-refractivity contribution in [3.63, 3.8) is 0 Å². The predicted octanol–water partition coefficient (Wildman–Crippen LogP) is 0.744. The number of piperidine rings is 1. The predicted molar refractivity (Wildman–Crippen MR) is 86.7 cm³/mol. The molecule has 3 rings (SSSR count). The summed E-state index contributed by atoms with van der Waals surface area (Å²) in [6.45, 7) is 3.08. The van der Waals surface area contributed by atoms with Crippen LogP contribution >= 0.6 is 0 Å². The Kier molecular flexibility index (Phi) is 4.92. The monoisotopic (exact) mass is 323 g/mol. The Morgan fingerprint density at radius 3 is 2.35 bits per heavy atom. The normalized spacial score (nSPS) is 28.6. The van der Waals surface area contributed by atoms with Crippen LogP contribution in [0.2, 0.25) is 0 Å². The lowest BCUT2D eigenvalue weighted by Gasteiger charge is -2.46. The second-order valence-electron chi connectivity index (χ2n) is 7.39. The lowest BCUT2D eigenvalue weighted by Crippen LogP contribution is -2.55. The van der Waals surface area contributed by atoms with Gasteiger partial charge in [-0.05, 0) is 45.1 Å². The number of ether oxygens (including phenoxy) is 1. The minimum absolute atomic E-state index is 0.103. The fraction of sp³-hybridized carbons (Fsp3) is 0.882. The second kappa shape index (κ2) is 6.77. The molecule has 2 amide bonds. The second-order valence-corrected chi connectivity index (χ2v) is 7.39. The van der Waals surface area contributed by atoms with Crippen LogP contribution < -0.4 is 5.73 Å². The number of amides is 2. The third-order valence-electron chi connectivity index (χ3n) is 6.03. The van der Waals surface area contributed by atoms with Crippen LogP contribution in [0.15, 0.2) is 0 Å². The Labute approximate surface area is 138 Å². The molecule has 6 nitrogen and oxygen atoms in total. The van der Waals surface area contributed by atoms with Gasteiger partial charge in [-0.2, -0.15) is 0 Å². The number of carbonyl (C=O) groups is 2. The first kappa shape index (κ1) is 16.7. The van der Waals surface area contributed by atoms with E-state index in [0.717, 1.165) is 64.6 Å². The van der Waals surface area contributed by atoms with Gasteiger partial charge in [-0.3, -0.25) is 14.5 Å². The van der Waals surface area contributed by atoms with Gasteiger partial charge in [-0.1, -0.05) is 6.42 Å². The maximum Gasteiger partial charge on any atom is 0.234 e. The fourth-order valence-electron chi connectivity index (χ4n) is 4.57. The highest BCUT2D eigenvalue weighted by atomic mass is 16.5. The van der Waals surface area contributed by atoms with Gasteiger partial charge in [0.15, 0.2) is 0 Å². The average molecular weight is 323 g/mol. The number of nitrogens with two attached hydrogens (primary N) is 1. The summed E-state index contributed by atoms with van der Waals surface area (Å²) in [6.07, 6.45) is 6.84. The van der Waals surface area contributed by atoms with Crippen LogP contribution in [0.5, 0.6) is 0 Å². The van der Waals surface area contributed by atoms with Gasteiger partial charge in [0.1, 0.15) is 0 Å². The standard InChI is InChI=1S/C17H29N3O3/c1-23-12-17(7-3-8-17)16(22)19-10-5-13(6-11-19)20-9-2-4-14(20)15(18)21/h13-14H,2-12H2,1H3,(H2,18,21). The number of nitrogens with zero attached hydrogens (tertiary/aromatic N) is 2. The number of methoxy groups -OCH3 is 1. The van der Waals surface area contributed by atoms with Gasteiger partial charge < -0.3 is 15.4 Å². The van der Waals surface area contributed by atoms with Crippen LogP contribution in [0.3, 0.4) is 0 Å². The molecule has 1 atom stereocenters. The highest BCUT2D eigenvalue weighted by molar-refractivity contribution is 5.84. The zero-order valence-corrected chi connectivity index (χ0v) is 14.1. The van der Waals surface area contributed by atoms with Crippen LogP contribution in [0.25, 0.3) is 0 Å². The smallest absolute Gasteiger partial charge is 0.234 e. The molecule has 3 fully saturated rings. The summed E-state index contributed by atoms with van der Waals surface area (Å²) < 4.78 is 5.30. The van der Waals surface area contributed by atoms with Gasteiger partial charge in [0.05, 0.1) is 18.1 Å². The molecule has 0 bridgehead atoms. The average Bonchev–Trinajstić information content (AvgIpc) is 3.00. The number of likely N-dealkylation sites (tertiary alicyclic amines) is 2. The summed E-state index contributed by atoms with van der Waals surface area (Å²) >= 11 is 0. The molecule has 0 aromatic rings. The Hall–Kier alpha value is -1.14. The Bertz CT molecular complexity index is 456. The first-order chi connectivity index (χ1) is 11.1. The maximum atomic E-state index is 12.9. The molecule has 2 heterocycles. The third kappa shape index (κ3) is 3.11. The van der Waals surface area contributed by atoms with Gasteiger partial charge in [-0.25, -0.2) is 0 Å². The van der Waals surface area contributed by atoms with E-state index in [-0.39, 0.29) is 23.3 Å². The summed E-state index contributed by atoms with van der Waals surface area (Å²) in [5, 5.41) is 0. The van der Waals surface area contributed by atoms with Crippen molar-refractivity contribution >= 4 is 11.8 Å². The van der Waals surface area contributed by atoms with Crippen LogP contribution in [-0.2, 0) is 14.3 Å². The number of primary amides is 1. The highest BCUT2D eigenvalue weighted by Gasteiger charge is 2.47. The van der Waals surface area contributed by atoms with Crippen LogP contribution in [0, 0.1) is 5.41 Å². The number of rotatable bonds is 5. The molecule has 1 aliphatic carbocycles. The van der Waals surface area contributed by atoms with Crippen LogP contribution in [-0.4, -0.2) is 67.0 Å². The van der Waals surface area contributed by atoms with E-state index in [9.17, 15) is 9.59 Å². The summed E-state index contributed by atoms with van der Waals surface area (Å²) in [6, 6.07) is 0.285. The topological polar surface area (TPSA) is 75.9 Å². The molecule has 2 saturated heterocycles. The number of hydrogen-bond acceptors (Lipinski definition) is 4. The molecular formula is C17H29N3O3. The van der Waals surface area contributed by atoms with Gasteiger partial charge in [0, 0.05) is 26.2 Å². The first-order valence-corrected chi connectivity index (χ1v) is 8.91. The van der Waals surface area contributed by atoms with Gasteiger partial charge >= 0.3 is 0 Å². The molecule has 2 aliphatic heterocycles. The SMILES string of the molecule is COCC1(C(=O)N2CCC(N3CCCC3C(N)=O)CC2)CCC1. The molecule has 0 aromatic heterocycles. The number of hydrogen-bond donors (Lipinski definition) is 1. The minimum atomic E-state index is -0.259. The zero-order chi connectivity index (χ0) is 16.4. The van der Waals surface area contributed by atoms with Gasteiger partial charge in [-0.15, -0.1) is 0 Å². The molecule has 23 heavy (non-hydrogen) atoms. The summed E-state index contributed by atoms with van der Waals surface area (Å²) in [5.41, 5.74) is 5.27. The molecule has 3 aliphatic rings. The van der Waals surface area contributed by atoms with Crippen molar-refractivity contribution in [1.82, 2.24) is 9.80 Å². The zero-order valence-electron chi connectivity index (χ0n) is 14.1. The maximum absolute atomic E-state index is 12.9. The van der Waals surface area contributed by atoms with E-state index in [1.807, 2.05) is 4.90 Å². The van der Waals surface area contributed by atoms with E-state index in [4.69, 9.17) is 10.5 Å². The van der Waals surface area contributed by atoms with E-state index in [1.165, 1.54) is 0 Å². The van der Waals surface area contributed by atoms with Crippen molar-refractivity contribution in [3.05, 3.63) is 0 Å². The van der Waals surface area contributed by atoms with Crippen molar-refractivity contribution in [2.75, 3.05) is 33.4 Å². The van der Waals surface area contributed by atoms with Crippen molar-refractivity contribution in [3.8, 4) is 0 Å². The number of carbonyl (C=O) groups excluding carboxylic acids is 2. The molecule has 0 aromatic carbocycles. The largest absolute Gasteiger partial charge is 0.384 e. The highest BCUT2D eigenvalue weighted by Crippen LogP contribution is 2.43. The lowest BCUT2D eigenvalue weighted by molar-refractivity contribution is -0.154. The molecule has 130 valence electrons. The van der Waals surface area contributed by atoms with Crippen LogP contribution in [0.1, 0.15) is 44.9 Å². The molecule has 2 N–H and O–H groups in total. The van der Waals surface area contributed by atoms with E-state index in [0.29, 0.717) is 12.6 Å². The lowest BCUT2D eigenvalue weighted by atomic mass is 9.68. The quantitative estimate of drug-likeness (QED) is 0.810. The van der Waals surface area contributed by atoms with Crippen molar-refractivity contribution in [1.29, 1.82) is 0 Å². The molecule has 0 spiro atoms. The third-order valence-corrected chi connectivity index (χ3v) is 6.03. The molecule has 6 heteroatoms. The molecule has 0 radical (unpaired) electrons. The summed E-state index contributed by atoms with van der Waals surface area (Å²) in [7, 11) is 1.68. The summed E-state index contributed by atoms with van der Waals surface area (Å²) in [5.74, 6) is 0.0754. The minimum Gasteiger partial charge on any atom is -0.384 e. The Morgan fingerprint density at radius 1 is 1.13 bits per heavy atom. The molecule has 1 saturated carbocycles. The summed E-state index contributed by atoms with van der Waals surface area (Å²) in [4.78, 5) is 28.7. The van der Waals surface area contributed by atoms with Gasteiger partial charge in [0.2, 0.25) is 11.8 Å². The van der Waals surface area contributed by atoms with E-state index >= 15 is 0 Å². The Balaban J connectivity index is 1.56. The van der Waals surface area contributed by atoms with E-state index < -0.39 is 0 Å². The van der Waals surface area contributed by atoms with Gasteiger partial charge in [0.25, 0.3) is 0 Å². The Morgan fingerprint density at radius 2 is 1.83 bits per heavy atom. The van der Waals surface area contributed by atoms with Crippen molar-refractivity contribution in [2.24, 2.45) is 11.1 Å². The molecular weight excluding hydrogens is 294 g/mol. The first-order valence-electron chi connectivity index (χ1n) is 8.91. The van der Waals surface area contributed by atoms with E-state index in [2.05, 4.69) is 4.90 Å². The van der Waals surface area contributed by atoms with E-state index in [1.54, 1.807) is 7.11 Å². The van der Waals surface area contributed by atoms with Crippen molar-refractivity contribution in [2.45, 2.75) is 57.0 Å². The fourth-order valence-corrected chi connectivity index (χ4v) is 4.57.